The number of ketones is 1. The number of fused-ring (bicyclic) bond motifs is 1. The van der Waals surface area contributed by atoms with Gasteiger partial charge in [0.05, 0.1) is 59.5 Å². The third kappa shape index (κ3) is 7.10. The van der Waals surface area contributed by atoms with E-state index in [1.165, 1.54) is 26.0 Å². The minimum atomic E-state index is -1.37. The molecule has 1 aromatic rings. The van der Waals surface area contributed by atoms with E-state index in [1.54, 1.807) is 31.3 Å². The first-order valence-electron chi connectivity index (χ1n) is 12.8. The number of halogens is 1. The van der Waals surface area contributed by atoms with Crippen molar-refractivity contribution in [3.05, 3.63) is 48.6 Å². The predicted molar refractivity (Wildman–Crippen MR) is 137 cm³/mol. The molecule has 1 amide bonds. The van der Waals surface area contributed by atoms with Crippen LogP contribution in [0, 0.1) is 11.3 Å². The summed E-state index contributed by atoms with van der Waals surface area (Å²) in [6.45, 7) is 10.6. The summed E-state index contributed by atoms with van der Waals surface area (Å²) in [6.07, 6.45) is 1.30. The number of aliphatic hydroxyl groups excluding tert-OH is 2. The molecule has 3 N–H and O–H groups in total. The fourth-order valence-electron chi connectivity index (χ4n) is 4.75. The number of pyridine rings is 1. The van der Waals surface area contributed by atoms with E-state index in [9.17, 15) is 19.8 Å². The molecule has 8 nitrogen and oxygen atoms in total. The highest BCUT2D eigenvalue weighted by Crippen LogP contribution is 2.43. The van der Waals surface area contributed by atoms with Gasteiger partial charge in [0.2, 0.25) is 5.91 Å². The number of allylic oxidation sites excluding steroid dienone is 1. The second-order valence-electron chi connectivity index (χ2n) is 10.8. The Balaban J connectivity index is 1.89. The van der Waals surface area contributed by atoms with Crippen molar-refractivity contribution < 1.29 is 33.7 Å². The molecule has 0 spiro atoms. The summed E-state index contributed by atoms with van der Waals surface area (Å²) < 4.78 is 27.1. The number of nitrogens with zero attached hydrogens (tertiary/aromatic N) is 1. The minimum absolute atomic E-state index is 0.176. The highest BCUT2D eigenvalue weighted by molar-refractivity contribution is 5.88. The molecule has 2 fully saturated rings. The van der Waals surface area contributed by atoms with E-state index in [0.29, 0.717) is 12.1 Å². The number of amides is 1. The number of Topliss-reactive ketones (excluding diaryl/α,β-unsaturated/α-hetero) is 1. The highest BCUT2D eigenvalue weighted by atomic mass is 19.1. The van der Waals surface area contributed by atoms with Crippen LogP contribution in [-0.2, 0) is 19.1 Å². The Morgan fingerprint density at radius 3 is 2.68 bits per heavy atom. The lowest BCUT2D eigenvalue weighted by Gasteiger charge is -2.35. The van der Waals surface area contributed by atoms with Crippen molar-refractivity contribution in [2.24, 2.45) is 11.3 Å². The summed E-state index contributed by atoms with van der Waals surface area (Å²) in [5.74, 6) is -2.47. The van der Waals surface area contributed by atoms with Gasteiger partial charge in [0.1, 0.15) is 11.6 Å². The van der Waals surface area contributed by atoms with Gasteiger partial charge in [0, 0.05) is 25.6 Å². The van der Waals surface area contributed by atoms with Crippen molar-refractivity contribution in [2.45, 2.75) is 89.4 Å². The number of carbonyl (C=O) groups excluding carboxylic acids is 2. The van der Waals surface area contributed by atoms with Crippen molar-refractivity contribution in [1.82, 2.24) is 10.3 Å². The fourth-order valence-corrected chi connectivity index (χ4v) is 4.75. The first-order chi connectivity index (χ1) is 17.4. The van der Waals surface area contributed by atoms with E-state index in [4.69, 9.17) is 9.47 Å². The molecule has 37 heavy (non-hydrogen) atoms. The number of carbonyl (C=O) groups is 2. The molecule has 0 bridgehead atoms. The van der Waals surface area contributed by atoms with Crippen LogP contribution in [0.3, 0.4) is 0 Å². The van der Waals surface area contributed by atoms with Crippen molar-refractivity contribution in [3.63, 3.8) is 0 Å². The fraction of sp³-hybridized carbons (Fsp3) is 0.607. The average Bonchev–Trinajstić information content (AvgIpc) is 3.49. The van der Waals surface area contributed by atoms with Gasteiger partial charge in [-0.2, -0.15) is 0 Å². The zero-order valence-corrected chi connectivity index (χ0v) is 22.0. The molecule has 204 valence electrons. The van der Waals surface area contributed by atoms with Crippen LogP contribution in [0.15, 0.2) is 42.9 Å². The number of aliphatic hydroxyl groups is 2. The maximum Gasteiger partial charge on any atom is 0.223 e. The van der Waals surface area contributed by atoms with Crippen LogP contribution >= 0.6 is 0 Å². The highest BCUT2D eigenvalue weighted by Gasteiger charge is 2.53. The van der Waals surface area contributed by atoms with Crippen LogP contribution in [0.2, 0.25) is 0 Å². The van der Waals surface area contributed by atoms with E-state index < -0.39 is 65.2 Å². The van der Waals surface area contributed by atoms with Crippen LogP contribution in [0.4, 0.5) is 4.39 Å². The van der Waals surface area contributed by atoms with Crippen molar-refractivity contribution in [2.75, 3.05) is 6.61 Å². The summed E-state index contributed by atoms with van der Waals surface area (Å²) in [4.78, 5) is 30.5. The third-order valence-corrected chi connectivity index (χ3v) is 7.60. The Bertz CT molecular complexity index is 1000. The molecule has 7 atom stereocenters. The normalized spacial score (nSPS) is 35.8. The maximum atomic E-state index is 15.4. The predicted octanol–water partition coefficient (Wildman–Crippen LogP) is 3.13. The van der Waals surface area contributed by atoms with Gasteiger partial charge in [-0.3, -0.25) is 14.6 Å². The number of epoxide rings is 1. The van der Waals surface area contributed by atoms with Gasteiger partial charge in [0.25, 0.3) is 0 Å². The molecule has 2 aliphatic heterocycles. The second-order valence-corrected chi connectivity index (χ2v) is 10.8. The van der Waals surface area contributed by atoms with E-state index in [2.05, 4.69) is 16.9 Å². The molecule has 0 aromatic carbocycles. The van der Waals surface area contributed by atoms with Crippen molar-refractivity contribution >= 4 is 17.8 Å². The van der Waals surface area contributed by atoms with Gasteiger partial charge >= 0.3 is 0 Å². The Hall–Kier alpha value is -2.46. The lowest BCUT2D eigenvalue weighted by Crippen LogP contribution is -2.49. The number of hydrogen-bond acceptors (Lipinski definition) is 7. The summed E-state index contributed by atoms with van der Waals surface area (Å²) >= 11 is 0. The quantitative estimate of drug-likeness (QED) is 0.414. The molecule has 0 aliphatic carbocycles. The van der Waals surface area contributed by atoms with Gasteiger partial charge in [-0.05, 0) is 38.5 Å². The number of ether oxygens (including phenoxy) is 2. The summed E-state index contributed by atoms with van der Waals surface area (Å²) in [5, 5.41) is 24.5. The van der Waals surface area contributed by atoms with Crippen LogP contribution in [-0.4, -0.2) is 69.6 Å². The monoisotopic (exact) mass is 518 g/mol. The lowest BCUT2D eigenvalue weighted by molar-refractivity contribution is -0.147. The SMILES string of the molecule is C=CC[C@H]1C(=O)C(C)(C)[C@@H](O)CC(=O)N[C@H](C(F)=Cc2ccccn2)C[C@@H]2O[C@]2(C)CCO[C@H](C)[C@H]1O. The van der Waals surface area contributed by atoms with Gasteiger partial charge < -0.3 is 25.0 Å². The molecule has 2 saturated heterocycles. The zero-order chi connectivity index (χ0) is 27.4. The van der Waals surface area contributed by atoms with Gasteiger partial charge in [-0.15, -0.1) is 6.58 Å². The molecular weight excluding hydrogens is 479 g/mol. The number of rotatable bonds is 4. The van der Waals surface area contributed by atoms with Crippen molar-refractivity contribution in [1.29, 1.82) is 0 Å². The van der Waals surface area contributed by atoms with E-state index in [-0.39, 0.29) is 25.6 Å². The van der Waals surface area contributed by atoms with Crippen LogP contribution in [0.1, 0.15) is 59.1 Å². The summed E-state index contributed by atoms with van der Waals surface area (Å²) in [7, 11) is 0. The largest absolute Gasteiger partial charge is 0.392 e. The maximum absolute atomic E-state index is 15.4. The number of aromatic nitrogens is 1. The van der Waals surface area contributed by atoms with Gasteiger partial charge in [-0.25, -0.2) is 4.39 Å². The lowest BCUT2D eigenvalue weighted by atomic mass is 9.72. The smallest absolute Gasteiger partial charge is 0.223 e. The minimum Gasteiger partial charge on any atom is -0.392 e. The molecule has 3 heterocycles. The van der Waals surface area contributed by atoms with Gasteiger partial charge in [0.15, 0.2) is 0 Å². The summed E-state index contributed by atoms with van der Waals surface area (Å²) in [5.41, 5.74) is -1.53. The average molecular weight is 519 g/mol. The molecule has 1 aromatic heterocycles. The first-order valence-corrected chi connectivity index (χ1v) is 12.8. The first kappa shape index (κ1) is 29.1. The van der Waals surface area contributed by atoms with E-state index >= 15 is 4.39 Å². The van der Waals surface area contributed by atoms with Crippen LogP contribution in [0.5, 0.6) is 0 Å². The van der Waals surface area contributed by atoms with Crippen LogP contribution in [0.25, 0.3) is 6.08 Å². The standard InChI is InChI=1S/C28H39FN2O6/c1-6-9-19-25(34)17(2)36-13-11-28(5)23(37-28)15-21(20(29)14-18-10-7-8-12-30-18)31-24(33)16-22(32)27(3,4)26(19)35/h6-8,10,12,14,17,19,21-23,25,32,34H,1,9,11,13,15-16H2,2-5H3,(H,31,33)/t17-,19-,21+,22+,23+,25-,28-/m1/s1. The van der Waals surface area contributed by atoms with Gasteiger partial charge in [-0.1, -0.05) is 26.0 Å². The molecule has 0 saturated carbocycles. The van der Waals surface area contributed by atoms with Crippen LogP contribution < -0.4 is 5.32 Å². The number of hydrogen-bond donors (Lipinski definition) is 3. The molecular formula is C28H39FN2O6. The van der Waals surface area contributed by atoms with E-state index in [1.807, 2.05) is 6.92 Å². The Labute approximate surface area is 218 Å². The topological polar surface area (TPSA) is 121 Å². The molecule has 0 unspecified atom stereocenters. The third-order valence-electron chi connectivity index (χ3n) is 7.60. The Kier molecular flexibility index (Phi) is 9.39. The number of nitrogens with one attached hydrogen (secondary N) is 1. The summed E-state index contributed by atoms with van der Waals surface area (Å²) in [6, 6.07) is 4.10. The molecule has 3 rings (SSSR count). The Morgan fingerprint density at radius 1 is 1.30 bits per heavy atom. The van der Waals surface area contributed by atoms with E-state index in [0.717, 1.165) is 0 Å². The molecule has 9 heteroatoms. The zero-order valence-electron chi connectivity index (χ0n) is 22.0. The van der Waals surface area contributed by atoms with Crippen molar-refractivity contribution in [3.8, 4) is 0 Å². The second kappa shape index (κ2) is 11.9. The molecule has 2 aliphatic rings. The molecule has 0 radical (unpaired) electrons. The Morgan fingerprint density at radius 2 is 2.03 bits per heavy atom.